The third kappa shape index (κ3) is 1.61. The molecular formula is C9H17NO2. The normalized spacial score (nSPS) is 23.7. The summed E-state index contributed by atoms with van der Waals surface area (Å²) in [5.74, 6) is 0.695. The van der Waals surface area contributed by atoms with Crippen molar-refractivity contribution in [1.29, 1.82) is 0 Å². The lowest BCUT2D eigenvalue weighted by Gasteiger charge is -2.28. The second-order valence-corrected chi connectivity index (χ2v) is 3.29. The van der Waals surface area contributed by atoms with Gasteiger partial charge >= 0.3 is 0 Å². The summed E-state index contributed by atoms with van der Waals surface area (Å²) in [4.78, 5) is 4.25. The third-order valence-electron chi connectivity index (χ3n) is 2.63. The first kappa shape index (κ1) is 9.52. The highest BCUT2D eigenvalue weighted by molar-refractivity contribution is 5.74. The Bertz CT molecular complexity index is 185. The molecule has 0 aliphatic carbocycles. The van der Waals surface area contributed by atoms with Crippen molar-refractivity contribution < 1.29 is 9.84 Å². The van der Waals surface area contributed by atoms with E-state index in [9.17, 15) is 5.11 Å². The Balaban J connectivity index is 2.68. The maximum atomic E-state index is 10.1. The summed E-state index contributed by atoms with van der Waals surface area (Å²) >= 11 is 0. The van der Waals surface area contributed by atoms with Gasteiger partial charge in [0.25, 0.3) is 0 Å². The summed E-state index contributed by atoms with van der Waals surface area (Å²) < 4.78 is 5.21. The topological polar surface area (TPSA) is 41.8 Å². The molecule has 0 bridgehead atoms. The molecule has 0 unspecified atom stereocenters. The van der Waals surface area contributed by atoms with Gasteiger partial charge in [0.1, 0.15) is 12.6 Å². The average molecular weight is 171 g/mol. The summed E-state index contributed by atoms with van der Waals surface area (Å²) in [6.45, 7) is 6.31. The van der Waals surface area contributed by atoms with Crippen LogP contribution in [0.5, 0.6) is 0 Å². The van der Waals surface area contributed by atoms with Crippen LogP contribution in [0.25, 0.3) is 0 Å². The zero-order valence-corrected chi connectivity index (χ0v) is 8.00. The SMILES string of the molecule is CCC(O)(CC)[C@@H]1COC(C)=N1. The van der Waals surface area contributed by atoms with E-state index in [4.69, 9.17) is 4.74 Å². The predicted molar refractivity (Wildman–Crippen MR) is 48.4 cm³/mol. The number of aliphatic imine (C=N–C) groups is 1. The summed E-state index contributed by atoms with van der Waals surface area (Å²) in [5, 5.41) is 10.1. The Morgan fingerprint density at radius 2 is 2.17 bits per heavy atom. The summed E-state index contributed by atoms with van der Waals surface area (Å²) in [5.41, 5.74) is -0.669. The standard InChI is InChI=1S/C9H17NO2/c1-4-9(11,5-2)8-6-12-7(3)10-8/h8,11H,4-6H2,1-3H3/t8-/m0/s1. The lowest BCUT2D eigenvalue weighted by molar-refractivity contribution is 0.000522. The predicted octanol–water partition coefficient (Wildman–Crippen LogP) is 1.35. The van der Waals surface area contributed by atoms with Crippen molar-refractivity contribution >= 4 is 5.90 Å². The zero-order valence-electron chi connectivity index (χ0n) is 8.00. The van der Waals surface area contributed by atoms with Crippen LogP contribution in [0.15, 0.2) is 4.99 Å². The van der Waals surface area contributed by atoms with E-state index >= 15 is 0 Å². The van der Waals surface area contributed by atoms with Crippen LogP contribution in [0, 0.1) is 0 Å². The molecule has 70 valence electrons. The number of hydrogen-bond acceptors (Lipinski definition) is 3. The van der Waals surface area contributed by atoms with Crippen molar-refractivity contribution in [3.8, 4) is 0 Å². The molecule has 0 aromatic rings. The van der Waals surface area contributed by atoms with Crippen LogP contribution in [0.4, 0.5) is 0 Å². The molecule has 1 heterocycles. The summed E-state index contributed by atoms with van der Waals surface area (Å²) in [7, 11) is 0. The Kier molecular flexibility index (Phi) is 2.73. The number of hydrogen-bond donors (Lipinski definition) is 1. The highest BCUT2D eigenvalue weighted by Gasteiger charge is 2.36. The molecule has 0 amide bonds. The van der Waals surface area contributed by atoms with Gasteiger partial charge < -0.3 is 9.84 Å². The molecule has 0 radical (unpaired) electrons. The van der Waals surface area contributed by atoms with E-state index in [0.717, 1.165) is 12.8 Å². The van der Waals surface area contributed by atoms with Gasteiger partial charge in [0, 0.05) is 6.92 Å². The van der Waals surface area contributed by atoms with Crippen molar-refractivity contribution in [2.24, 2.45) is 4.99 Å². The second kappa shape index (κ2) is 3.44. The first-order valence-corrected chi connectivity index (χ1v) is 4.52. The lowest BCUT2D eigenvalue weighted by atomic mass is 9.90. The van der Waals surface area contributed by atoms with Gasteiger partial charge in [-0.1, -0.05) is 13.8 Å². The second-order valence-electron chi connectivity index (χ2n) is 3.29. The monoisotopic (exact) mass is 171 g/mol. The molecule has 1 atom stereocenters. The van der Waals surface area contributed by atoms with Gasteiger partial charge in [-0.2, -0.15) is 0 Å². The number of aliphatic hydroxyl groups is 1. The number of ether oxygens (including phenoxy) is 1. The van der Waals surface area contributed by atoms with Crippen molar-refractivity contribution in [3.05, 3.63) is 0 Å². The van der Waals surface area contributed by atoms with Crippen LogP contribution in [0.1, 0.15) is 33.6 Å². The van der Waals surface area contributed by atoms with Crippen molar-refractivity contribution in [1.82, 2.24) is 0 Å². The van der Waals surface area contributed by atoms with Crippen molar-refractivity contribution in [2.45, 2.75) is 45.3 Å². The van der Waals surface area contributed by atoms with E-state index in [1.165, 1.54) is 0 Å². The molecule has 0 aromatic carbocycles. The summed E-state index contributed by atoms with van der Waals surface area (Å²) in [6, 6.07) is -0.0625. The molecule has 3 nitrogen and oxygen atoms in total. The van der Waals surface area contributed by atoms with Crippen LogP contribution < -0.4 is 0 Å². The molecular weight excluding hydrogens is 154 g/mol. The molecule has 1 rings (SSSR count). The van der Waals surface area contributed by atoms with Gasteiger partial charge in [-0.25, -0.2) is 4.99 Å². The average Bonchev–Trinajstić information content (AvgIpc) is 2.51. The van der Waals surface area contributed by atoms with Crippen LogP contribution in [0.2, 0.25) is 0 Å². The van der Waals surface area contributed by atoms with Gasteiger partial charge in [0.2, 0.25) is 0 Å². The molecule has 1 N–H and O–H groups in total. The molecule has 12 heavy (non-hydrogen) atoms. The Morgan fingerprint density at radius 1 is 1.58 bits per heavy atom. The highest BCUT2D eigenvalue weighted by Crippen LogP contribution is 2.25. The first-order valence-electron chi connectivity index (χ1n) is 4.52. The van der Waals surface area contributed by atoms with Gasteiger partial charge in [0.05, 0.1) is 5.60 Å². The van der Waals surface area contributed by atoms with E-state index in [1.54, 1.807) is 0 Å². The first-order chi connectivity index (χ1) is 5.62. The molecule has 0 aromatic heterocycles. The van der Waals surface area contributed by atoms with Crippen molar-refractivity contribution in [3.63, 3.8) is 0 Å². The Morgan fingerprint density at radius 3 is 2.50 bits per heavy atom. The Labute approximate surface area is 73.5 Å². The van der Waals surface area contributed by atoms with Crippen LogP contribution in [-0.4, -0.2) is 29.3 Å². The lowest BCUT2D eigenvalue weighted by Crippen LogP contribution is -2.40. The highest BCUT2D eigenvalue weighted by atomic mass is 16.5. The molecule has 3 heteroatoms. The van der Waals surface area contributed by atoms with E-state index in [2.05, 4.69) is 4.99 Å². The molecule has 0 saturated heterocycles. The minimum atomic E-state index is -0.669. The molecule has 0 spiro atoms. The van der Waals surface area contributed by atoms with Crippen LogP contribution in [-0.2, 0) is 4.74 Å². The quantitative estimate of drug-likeness (QED) is 0.696. The fourth-order valence-corrected chi connectivity index (χ4v) is 1.49. The smallest absolute Gasteiger partial charge is 0.180 e. The molecule has 1 aliphatic rings. The maximum Gasteiger partial charge on any atom is 0.180 e. The molecule has 1 aliphatic heterocycles. The van der Waals surface area contributed by atoms with Gasteiger partial charge in [0.15, 0.2) is 5.90 Å². The molecule has 0 fully saturated rings. The van der Waals surface area contributed by atoms with Gasteiger partial charge in [-0.3, -0.25) is 0 Å². The maximum absolute atomic E-state index is 10.1. The fourth-order valence-electron chi connectivity index (χ4n) is 1.49. The third-order valence-corrected chi connectivity index (χ3v) is 2.63. The van der Waals surface area contributed by atoms with Crippen LogP contribution in [0.3, 0.4) is 0 Å². The minimum absolute atomic E-state index is 0.0625. The summed E-state index contributed by atoms with van der Waals surface area (Å²) in [6.07, 6.45) is 1.46. The van der Waals surface area contributed by atoms with E-state index in [-0.39, 0.29) is 6.04 Å². The minimum Gasteiger partial charge on any atom is -0.479 e. The fraction of sp³-hybridized carbons (Fsp3) is 0.889. The Hall–Kier alpha value is -0.570. The van der Waals surface area contributed by atoms with E-state index < -0.39 is 5.60 Å². The van der Waals surface area contributed by atoms with Crippen LogP contribution >= 0.6 is 0 Å². The van der Waals surface area contributed by atoms with Crippen molar-refractivity contribution in [2.75, 3.05) is 6.61 Å². The molecule has 0 saturated carbocycles. The van der Waals surface area contributed by atoms with E-state index in [0.29, 0.717) is 12.5 Å². The zero-order chi connectivity index (χ0) is 9.19. The van der Waals surface area contributed by atoms with Gasteiger partial charge in [-0.15, -0.1) is 0 Å². The number of nitrogens with zero attached hydrogens (tertiary/aromatic N) is 1. The van der Waals surface area contributed by atoms with Gasteiger partial charge in [-0.05, 0) is 12.8 Å². The number of rotatable bonds is 3. The largest absolute Gasteiger partial charge is 0.479 e. The van der Waals surface area contributed by atoms with E-state index in [1.807, 2.05) is 20.8 Å².